The summed E-state index contributed by atoms with van der Waals surface area (Å²) in [5.41, 5.74) is 1.65. The number of methoxy groups -OCH3 is 2. The minimum absolute atomic E-state index is 0.107. The number of amides is 1. The molecule has 7 heteroatoms. The van der Waals surface area contributed by atoms with Gasteiger partial charge in [0.2, 0.25) is 0 Å². The topological polar surface area (TPSA) is 84.9 Å². The molecule has 0 saturated carbocycles. The van der Waals surface area contributed by atoms with E-state index in [0.717, 1.165) is 24.9 Å². The highest BCUT2D eigenvalue weighted by atomic mass is 16.5. The average Bonchev–Trinajstić information content (AvgIpc) is 2.97. The fourth-order valence-corrected chi connectivity index (χ4v) is 3.92. The zero-order chi connectivity index (χ0) is 19.6. The number of piperidine rings is 1. The van der Waals surface area contributed by atoms with Crippen LogP contribution in [-0.4, -0.2) is 50.7 Å². The number of H-pyrrole nitrogens is 1. The van der Waals surface area contributed by atoms with Crippen LogP contribution in [0.3, 0.4) is 0 Å². The van der Waals surface area contributed by atoms with Crippen LogP contribution < -0.4 is 15.0 Å². The Morgan fingerprint density at radius 2 is 2.07 bits per heavy atom. The molecule has 1 aliphatic rings. The van der Waals surface area contributed by atoms with Gasteiger partial charge in [0.05, 0.1) is 38.5 Å². The van der Waals surface area contributed by atoms with E-state index in [0.29, 0.717) is 23.5 Å². The number of esters is 1. The summed E-state index contributed by atoms with van der Waals surface area (Å²) in [4.78, 5) is 29.2. The molecule has 0 radical (unpaired) electrons. The Morgan fingerprint density at radius 1 is 1.30 bits per heavy atom. The van der Waals surface area contributed by atoms with Crippen molar-refractivity contribution in [3.63, 3.8) is 0 Å². The molecule has 1 aromatic carbocycles. The molecular weight excluding hydrogens is 346 g/mol. The Bertz CT molecular complexity index is 856. The normalized spacial score (nSPS) is 18.9. The maximum Gasteiger partial charge on any atom is 0.356 e. The largest absolute Gasteiger partial charge is 0.497 e. The van der Waals surface area contributed by atoms with Crippen molar-refractivity contribution in [2.45, 2.75) is 26.7 Å². The molecule has 0 spiro atoms. The Balaban J connectivity index is 1.84. The lowest BCUT2D eigenvalue weighted by Crippen LogP contribution is -3.15. The zero-order valence-electron chi connectivity index (χ0n) is 16.4. The zero-order valence-corrected chi connectivity index (χ0v) is 16.4. The fourth-order valence-electron chi connectivity index (χ4n) is 3.92. The van der Waals surface area contributed by atoms with Crippen molar-refractivity contribution in [1.29, 1.82) is 0 Å². The highest BCUT2D eigenvalue weighted by Crippen LogP contribution is 2.31. The van der Waals surface area contributed by atoms with E-state index in [4.69, 9.17) is 9.47 Å². The number of carbonyl (C=O) groups is 2. The first-order valence-corrected chi connectivity index (χ1v) is 9.24. The Hall–Kier alpha value is -2.54. The Labute approximate surface area is 159 Å². The number of aromatic amines is 1. The summed E-state index contributed by atoms with van der Waals surface area (Å²) >= 11 is 0. The van der Waals surface area contributed by atoms with Crippen LogP contribution in [0.4, 0.5) is 5.69 Å². The number of benzene rings is 1. The number of carbonyl (C=O) groups excluding carboxylic acids is 2. The van der Waals surface area contributed by atoms with Gasteiger partial charge in [-0.3, -0.25) is 4.79 Å². The number of rotatable bonds is 5. The van der Waals surface area contributed by atoms with Crippen molar-refractivity contribution in [2.75, 3.05) is 39.2 Å². The van der Waals surface area contributed by atoms with Gasteiger partial charge in [-0.15, -0.1) is 0 Å². The van der Waals surface area contributed by atoms with Crippen molar-refractivity contribution >= 4 is 28.5 Å². The number of anilines is 1. The summed E-state index contributed by atoms with van der Waals surface area (Å²) in [7, 11) is 2.90. The maximum atomic E-state index is 12.7. The van der Waals surface area contributed by atoms with Gasteiger partial charge in [-0.05, 0) is 25.0 Å². The van der Waals surface area contributed by atoms with Gasteiger partial charge in [0, 0.05) is 16.9 Å². The average molecular weight is 374 g/mol. The highest BCUT2D eigenvalue weighted by Gasteiger charge is 2.31. The molecule has 0 bridgehead atoms. The number of hydrogen-bond acceptors (Lipinski definition) is 4. The van der Waals surface area contributed by atoms with E-state index in [2.05, 4.69) is 24.1 Å². The number of fused-ring (bicyclic) bond motifs is 1. The van der Waals surface area contributed by atoms with Crippen LogP contribution >= 0.6 is 0 Å². The van der Waals surface area contributed by atoms with Gasteiger partial charge >= 0.3 is 5.97 Å². The van der Waals surface area contributed by atoms with Gasteiger partial charge in [-0.2, -0.15) is 0 Å². The monoisotopic (exact) mass is 374 g/mol. The molecule has 1 fully saturated rings. The minimum Gasteiger partial charge on any atom is -0.497 e. The van der Waals surface area contributed by atoms with Crippen LogP contribution in [0.15, 0.2) is 18.2 Å². The van der Waals surface area contributed by atoms with Crippen LogP contribution in [0.25, 0.3) is 10.9 Å². The van der Waals surface area contributed by atoms with Gasteiger partial charge in [0.1, 0.15) is 11.4 Å². The minimum atomic E-state index is -0.521. The lowest BCUT2D eigenvalue weighted by atomic mass is 9.84. The van der Waals surface area contributed by atoms with Gasteiger partial charge in [-0.1, -0.05) is 13.8 Å². The molecule has 1 saturated heterocycles. The van der Waals surface area contributed by atoms with Crippen LogP contribution in [0.1, 0.15) is 37.2 Å². The van der Waals surface area contributed by atoms with Gasteiger partial charge < -0.3 is 24.7 Å². The SMILES string of the molecule is COC(=O)c1[nH]c2cc(OC)ccc2c1NC(=O)C[NH+]1CCCC(C)(C)C1. The third-order valence-corrected chi connectivity index (χ3v) is 5.18. The van der Waals surface area contributed by atoms with Gasteiger partial charge in [-0.25, -0.2) is 4.79 Å². The summed E-state index contributed by atoms with van der Waals surface area (Å²) in [5, 5.41) is 3.68. The molecule has 1 atom stereocenters. The number of likely N-dealkylation sites (tertiary alicyclic amines) is 1. The summed E-state index contributed by atoms with van der Waals surface area (Å²) in [6.45, 7) is 6.83. The number of quaternary nitrogens is 1. The predicted octanol–water partition coefficient (Wildman–Crippen LogP) is 1.61. The first-order chi connectivity index (χ1) is 12.8. The standard InChI is InChI=1S/C20H27N3O4/c1-20(2)8-5-9-23(12-20)11-16(24)22-17-14-7-6-13(26-3)10-15(14)21-18(17)19(25)27-4/h6-7,10,21H,5,8-9,11-12H2,1-4H3,(H,22,24)/p+1. The molecular formula is C20H28N3O4+. The quantitative estimate of drug-likeness (QED) is 0.694. The number of aromatic nitrogens is 1. The second-order valence-corrected chi connectivity index (χ2v) is 7.95. The molecule has 7 nitrogen and oxygen atoms in total. The molecule has 3 N–H and O–H groups in total. The van der Waals surface area contributed by atoms with Gasteiger partial charge in [0.15, 0.2) is 6.54 Å². The molecule has 1 aliphatic heterocycles. The number of ether oxygens (including phenoxy) is 2. The van der Waals surface area contributed by atoms with Crippen LogP contribution in [-0.2, 0) is 9.53 Å². The van der Waals surface area contributed by atoms with Crippen molar-refractivity contribution < 1.29 is 24.0 Å². The van der Waals surface area contributed by atoms with E-state index in [1.54, 1.807) is 19.2 Å². The Kier molecular flexibility index (Phi) is 5.41. The van der Waals surface area contributed by atoms with E-state index < -0.39 is 5.97 Å². The smallest absolute Gasteiger partial charge is 0.356 e. The first kappa shape index (κ1) is 19.2. The summed E-state index contributed by atoms with van der Waals surface area (Å²) in [6.07, 6.45) is 2.31. The lowest BCUT2D eigenvalue weighted by Gasteiger charge is -2.34. The lowest BCUT2D eigenvalue weighted by molar-refractivity contribution is -0.904. The molecule has 1 unspecified atom stereocenters. The first-order valence-electron chi connectivity index (χ1n) is 9.24. The third-order valence-electron chi connectivity index (χ3n) is 5.18. The van der Waals surface area contributed by atoms with E-state index in [9.17, 15) is 9.59 Å². The van der Waals surface area contributed by atoms with E-state index in [1.807, 2.05) is 6.07 Å². The van der Waals surface area contributed by atoms with Crippen LogP contribution in [0.2, 0.25) is 0 Å². The highest BCUT2D eigenvalue weighted by molar-refractivity contribution is 6.11. The van der Waals surface area contributed by atoms with E-state index in [-0.39, 0.29) is 17.0 Å². The number of nitrogens with one attached hydrogen (secondary N) is 3. The predicted molar refractivity (Wildman–Crippen MR) is 103 cm³/mol. The van der Waals surface area contributed by atoms with E-state index in [1.165, 1.54) is 18.4 Å². The van der Waals surface area contributed by atoms with Crippen LogP contribution in [0, 0.1) is 5.41 Å². The molecule has 2 aromatic rings. The van der Waals surface area contributed by atoms with Crippen molar-refractivity contribution in [3.05, 3.63) is 23.9 Å². The van der Waals surface area contributed by atoms with E-state index >= 15 is 0 Å². The van der Waals surface area contributed by atoms with Crippen molar-refractivity contribution in [2.24, 2.45) is 5.41 Å². The third kappa shape index (κ3) is 4.24. The molecule has 0 aliphatic carbocycles. The second kappa shape index (κ2) is 7.60. The summed E-state index contributed by atoms with van der Waals surface area (Å²) < 4.78 is 10.1. The van der Waals surface area contributed by atoms with Crippen molar-refractivity contribution in [1.82, 2.24) is 4.98 Å². The van der Waals surface area contributed by atoms with Crippen LogP contribution in [0.5, 0.6) is 5.75 Å². The Morgan fingerprint density at radius 3 is 2.74 bits per heavy atom. The second-order valence-electron chi connectivity index (χ2n) is 7.95. The van der Waals surface area contributed by atoms with Gasteiger partial charge in [0.25, 0.3) is 5.91 Å². The van der Waals surface area contributed by atoms with Crippen molar-refractivity contribution in [3.8, 4) is 5.75 Å². The summed E-state index contributed by atoms with van der Waals surface area (Å²) in [6, 6.07) is 5.41. The fraction of sp³-hybridized carbons (Fsp3) is 0.500. The maximum absolute atomic E-state index is 12.7. The molecule has 146 valence electrons. The molecule has 3 rings (SSSR count). The molecule has 1 amide bonds. The molecule has 27 heavy (non-hydrogen) atoms. The molecule has 2 heterocycles. The number of hydrogen-bond donors (Lipinski definition) is 3. The summed E-state index contributed by atoms with van der Waals surface area (Å²) in [5.74, 6) is 0.0366. The molecule has 1 aromatic heterocycles.